The summed E-state index contributed by atoms with van der Waals surface area (Å²) in [4.78, 5) is 36.3. The molecule has 3 amide bonds. The molecule has 142 valence electrons. The third-order valence-electron chi connectivity index (χ3n) is 4.79. The number of aryl methyl sites for hydroxylation is 1. The van der Waals surface area contributed by atoms with E-state index in [2.05, 4.69) is 20.2 Å². The lowest BCUT2D eigenvalue weighted by Gasteiger charge is -2.33. The Labute approximate surface area is 152 Å². The Bertz CT molecular complexity index is 662. The normalized spacial score (nSPS) is 20.7. The minimum atomic E-state index is -0.687. The zero-order chi connectivity index (χ0) is 18.5. The Hall–Kier alpha value is -2.42. The van der Waals surface area contributed by atoms with Crippen molar-refractivity contribution >= 4 is 17.8 Å². The lowest BCUT2D eigenvalue weighted by Crippen LogP contribution is -2.45. The van der Waals surface area contributed by atoms with E-state index in [1.165, 1.54) is 0 Å². The summed E-state index contributed by atoms with van der Waals surface area (Å²) in [5.74, 6) is 1.72. The number of nitrogens with one attached hydrogen (secondary N) is 1. The molecular weight excluding hydrogens is 336 g/mol. The van der Waals surface area contributed by atoms with Crippen molar-refractivity contribution in [1.29, 1.82) is 0 Å². The van der Waals surface area contributed by atoms with Gasteiger partial charge in [-0.2, -0.15) is 0 Å². The highest BCUT2D eigenvalue weighted by molar-refractivity contribution is 5.83. The van der Waals surface area contributed by atoms with Gasteiger partial charge in [-0.15, -0.1) is 0 Å². The molecule has 1 atom stereocenters. The van der Waals surface area contributed by atoms with E-state index in [0.29, 0.717) is 26.3 Å². The van der Waals surface area contributed by atoms with Crippen LogP contribution in [0.15, 0.2) is 6.07 Å². The molecule has 0 bridgehead atoms. The Morgan fingerprint density at radius 2 is 2.08 bits per heavy atom. The number of likely N-dealkylation sites (tertiary alicyclic amines) is 1. The van der Waals surface area contributed by atoms with Gasteiger partial charge in [0.15, 0.2) is 0 Å². The third kappa shape index (κ3) is 4.60. The lowest BCUT2D eigenvalue weighted by atomic mass is 9.94. The lowest BCUT2D eigenvalue weighted by molar-refractivity contribution is -0.131. The molecule has 2 aliphatic heterocycles. The highest BCUT2D eigenvalue weighted by Gasteiger charge is 2.27. The van der Waals surface area contributed by atoms with Crippen LogP contribution in [0.25, 0.3) is 0 Å². The molecule has 0 unspecified atom stereocenters. The Morgan fingerprint density at radius 1 is 1.31 bits per heavy atom. The van der Waals surface area contributed by atoms with Crippen molar-refractivity contribution in [3.05, 3.63) is 17.6 Å². The number of urea groups is 1. The van der Waals surface area contributed by atoms with Crippen LogP contribution in [0.1, 0.15) is 30.3 Å². The van der Waals surface area contributed by atoms with Crippen molar-refractivity contribution in [3.63, 3.8) is 0 Å². The van der Waals surface area contributed by atoms with Gasteiger partial charge in [0.25, 0.3) is 0 Å². The van der Waals surface area contributed by atoms with E-state index in [1.54, 1.807) is 4.90 Å². The summed E-state index contributed by atoms with van der Waals surface area (Å²) < 4.78 is 5.41. The van der Waals surface area contributed by atoms with Crippen molar-refractivity contribution in [3.8, 4) is 0 Å². The van der Waals surface area contributed by atoms with Crippen LogP contribution in [0.3, 0.4) is 0 Å². The number of nitrogens with two attached hydrogens (primary N) is 1. The van der Waals surface area contributed by atoms with Crippen LogP contribution >= 0.6 is 0 Å². The summed E-state index contributed by atoms with van der Waals surface area (Å²) in [6.07, 6.45) is 1.88. The Kier molecular flexibility index (Phi) is 5.87. The molecule has 0 saturated carbocycles. The molecule has 26 heavy (non-hydrogen) atoms. The van der Waals surface area contributed by atoms with Gasteiger partial charge in [-0.25, -0.2) is 14.8 Å². The van der Waals surface area contributed by atoms with Crippen LogP contribution in [0.5, 0.6) is 0 Å². The van der Waals surface area contributed by atoms with Crippen molar-refractivity contribution < 1.29 is 14.3 Å². The van der Waals surface area contributed by atoms with E-state index >= 15 is 0 Å². The van der Waals surface area contributed by atoms with E-state index in [9.17, 15) is 9.59 Å². The maximum atomic E-state index is 12.3. The minimum Gasteiger partial charge on any atom is -0.378 e. The SMILES string of the molecule is Cc1nc([C@H]2CCCN(C(=O)CNC(N)=O)C2)cc(N2CCOCC2)n1. The number of rotatable bonds is 4. The maximum Gasteiger partial charge on any atom is 0.312 e. The van der Waals surface area contributed by atoms with Crippen molar-refractivity contribution in [2.24, 2.45) is 5.73 Å². The van der Waals surface area contributed by atoms with Crippen LogP contribution in [-0.4, -0.2) is 72.7 Å². The number of morpholine rings is 1. The minimum absolute atomic E-state index is 0.0656. The molecule has 0 aliphatic carbocycles. The molecule has 9 heteroatoms. The molecule has 0 spiro atoms. The maximum absolute atomic E-state index is 12.3. The summed E-state index contributed by atoms with van der Waals surface area (Å²) in [5, 5.41) is 2.36. The monoisotopic (exact) mass is 362 g/mol. The number of carbonyl (C=O) groups excluding carboxylic acids is 2. The first-order valence-electron chi connectivity index (χ1n) is 9.02. The zero-order valence-electron chi connectivity index (χ0n) is 15.1. The number of primary amides is 1. The molecular formula is C17H26N6O3. The van der Waals surface area contributed by atoms with Gasteiger partial charge in [0.05, 0.1) is 25.5 Å². The molecule has 3 rings (SSSR count). The van der Waals surface area contributed by atoms with Crippen LogP contribution in [0.4, 0.5) is 10.6 Å². The summed E-state index contributed by atoms with van der Waals surface area (Å²) in [7, 11) is 0. The topological polar surface area (TPSA) is 114 Å². The first kappa shape index (κ1) is 18.4. The fraction of sp³-hybridized carbons (Fsp3) is 0.647. The molecule has 0 aromatic carbocycles. The summed E-state index contributed by atoms with van der Waals surface area (Å²) in [6, 6.07) is 1.35. The van der Waals surface area contributed by atoms with Gasteiger partial charge in [-0.3, -0.25) is 4.79 Å². The Morgan fingerprint density at radius 3 is 2.81 bits per heavy atom. The molecule has 2 aliphatic rings. The van der Waals surface area contributed by atoms with Crippen LogP contribution in [-0.2, 0) is 9.53 Å². The van der Waals surface area contributed by atoms with Gasteiger partial charge in [0.2, 0.25) is 5.91 Å². The van der Waals surface area contributed by atoms with Crippen LogP contribution < -0.4 is 16.0 Å². The van der Waals surface area contributed by atoms with Crippen molar-refractivity contribution in [2.45, 2.75) is 25.7 Å². The number of nitrogens with zero attached hydrogens (tertiary/aromatic N) is 4. The fourth-order valence-corrected chi connectivity index (χ4v) is 3.46. The van der Waals surface area contributed by atoms with Gasteiger partial charge < -0.3 is 25.6 Å². The van der Waals surface area contributed by atoms with Gasteiger partial charge in [-0.05, 0) is 19.8 Å². The van der Waals surface area contributed by atoms with E-state index < -0.39 is 6.03 Å². The number of carbonyl (C=O) groups is 2. The quantitative estimate of drug-likeness (QED) is 0.779. The number of piperidine rings is 1. The standard InChI is InChI=1S/C17H26N6O3/c1-12-20-14(9-15(21-12)22-5-7-26-8-6-22)13-3-2-4-23(11-13)16(24)10-19-17(18)25/h9,13H,2-8,10-11H2,1H3,(H3,18,19,25)/t13-/m0/s1. The van der Waals surface area contributed by atoms with E-state index in [-0.39, 0.29) is 18.4 Å². The largest absolute Gasteiger partial charge is 0.378 e. The second-order valence-electron chi connectivity index (χ2n) is 6.69. The highest BCUT2D eigenvalue weighted by Crippen LogP contribution is 2.28. The molecule has 0 radical (unpaired) electrons. The van der Waals surface area contributed by atoms with Crippen molar-refractivity contribution in [1.82, 2.24) is 20.2 Å². The predicted molar refractivity (Wildman–Crippen MR) is 95.9 cm³/mol. The Balaban J connectivity index is 1.70. The molecule has 3 N–H and O–H groups in total. The van der Waals surface area contributed by atoms with E-state index in [4.69, 9.17) is 10.5 Å². The first-order valence-corrected chi connectivity index (χ1v) is 9.02. The number of hydrogen-bond donors (Lipinski definition) is 2. The third-order valence-corrected chi connectivity index (χ3v) is 4.79. The van der Waals surface area contributed by atoms with Crippen molar-refractivity contribution in [2.75, 3.05) is 50.8 Å². The summed E-state index contributed by atoms with van der Waals surface area (Å²) in [5.41, 5.74) is 6.01. The molecule has 2 fully saturated rings. The van der Waals surface area contributed by atoms with Gasteiger partial charge in [0, 0.05) is 38.2 Å². The van der Waals surface area contributed by atoms with E-state index in [0.717, 1.165) is 43.3 Å². The van der Waals surface area contributed by atoms with Gasteiger partial charge in [0.1, 0.15) is 11.6 Å². The number of ether oxygens (including phenoxy) is 1. The first-order chi connectivity index (χ1) is 12.5. The van der Waals surface area contributed by atoms with Gasteiger partial charge in [-0.1, -0.05) is 0 Å². The average molecular weight is 362 g/mol. The van der Waals surface area contributed by atoms with Crippen LogP contribution in [0.2, 0.25) is 0 Å². The average Bonchev–Trinajstić information content (AvgIpc) is 2.66. The molecule has 9 nitrogen and oxygen atoms in total. The zero-order valence-corrected chi connectivity index (χ0v) is 15.1. The molecule has 3 heterocycles. The van der Waals surface area contributed by atoms with Gasteiger partial charge >= 0.3 is 6.03 Å². The number of hydrogen-bond acceptors (Lipinski definition) is 6. The second-order valence-corrected chi connectivity index (χ2v) is 6.69. The second kappa shape index (κ2) is 8.31. The number of aromatic nitrogens is 2. The number of anilines is 1. The fourth-order valence-electron chi connectivity index (χ4n) is 3.46. The van der Waals surface area contributed by atoms with E-state index in [1.807, 2.05) is 13.0 Å². The molecule has 1 aromatic heterocycles. The van der Waals surface area contributed by atoms with Crippen LogP contribution in [0, 0.1) is 6.92 Å². The number of amides is 3. The molecule has 1 aromatic rings. The smallest absolute Gasteiger partial charge is 0.312 e. The molecule has 2 saturated heterocycles. The predicted octanol–water partition coefficient (Wildman–Crippen LogP) is -0.00408. The summed E-state index contributed by atoms with van der Waals surface area (Å²) in [6.45, 7) is 6.18. The summed E-state index contributed by atoms with van der Waals surface area (Å²) >= 11 is 0. The highest BCUT2D eigenvalue weighted by atomic mass is 16.5.